The quantitative estimate of drug-likeness (QED) is 0.599. The summed E-state index contributed by atoms with van der Waals surface area (Å²) in [4.78, 5) is 40.6. The number of hydrogen-bond acceptors (Lipinski definition) is 4. The van der Waals surface area contributed by atoms with Crippen molar-refractivity contribution in [1.29, 1.82) is 0 Å². The van der Waals surface area contributed by atoms with Crippen molar-refractivity contribution in [3.8, 4) is 0 Å². The summed E-state index contributed by atoms with van der Waals surface area (Å²) in [5.41, 5.74) is -1.37. The Bertz CT molecular complexity index is 620. The van der Waals surface area contributed by atoms with Gasteiger partial charge in [-0.3, -0.25) is 14.6 Å². The highest BCUT2D eigenvalue weighted by Crippen LogP contribution is 2.38. The Kier molecular flexibility index (Phi) is 2.78. The largest absolute Gasteiger partial charge is 0.393 e. The lowest BCUT2D eigenvalue weighted by atomic mass is 10.00. The molecule has 3 atom stereocenters. The first kappa shape index (κ1) is 12.2. The molecule has 0 aromatic carbocycles. The number of aliphatic hydroxyl groups is 1. The van der Waals surface area contributed by atoms with E-state index in [9.17, 15) is 19.5 Å². The number of carbonyl (C=O) groups is 1. The van der Waals surface area contributed by atoms with Gasteiger partial charge in [-0.25, -0.2) is 4.79 Å². The van der Waals surface area contributed by atoms with Crippen LogP contribution in [0.3, 0.4) is 0 Å². The molecule has 1 aromatic rings. The van der Waals surface area contributed by atoms with Gasteiger partial charge in [0.15, 0.2) is 0 Å². The zero-order valence-corrected chi connectivity index (χ0v) is 10.3. The summed E-state index contributed by atoms with van der Waals surface area (Å²) < 4.78 is 0. The zero-order chi connectivity index (χ0) is 13.6. The maximum absolute atomic E-state index is 12.2. The Morgan fingerprint density at radius 3 is 2.79 bits per heavy atom. The first-order chi connectivity index (χ1) is 9.06. The van der Waals surface area contributed by atoms with Gasteiger partial charge in [0.1, 0.15) is 5.56 Å². The Hall–Kier alpha value is -1.89. The highest BCUT2D eigenvalue weighted by molar-refractivity contribution is 5.93. The molecule has 2 fully saturated rings. The number of amides is 1. The van der Waals surface area contributed by atoms with Crippen molar-refractivity contribution >= 4 is 5.91 Å². The third-order valence-electron chi connectivity index (χ3n) is 4.16. The van der Waals surface area contributed by atoms with E-state index in [0.717, 1.165) is 19.0 Å². The lowest BCUT2D eigenvalue weighted by Crippen LogP contribution is -2.36. The molecule has 1 amide bonds. The number of fused-ring (bicyclic) bond motifs is 1. The molecule has 7 nitrogen and oxygen atoms in total. The highest BCUT2D eigenvalue weighted by Gasteiger charge is 2.43. The smallest absolute Gasteiger partial charge is 0.325 e. The number of aromatic amines is 2. The van der Waals surface area contributed by atoms with Crippen molar-refractivity contribution in [3.05, 3.63) is 32.6 Å². The van der Waals surface area contributed by atoms with Gasteiger partial charge in [0, 0.05) is 25.2 Å². The lowest BCUT2D eigenvalue weighted by molar-refractivity contribution is 0.0750. The van der Waals surface area contributed by atoms with E-state index < -0.39 is 11.2 Å². The minimum Gasteiger partial charge on any atom is -0.393 e. The SMILES string of the molecule is O=C(c1c[nH]c(=O)[nH]c1=O)N1CC2CCC(O)C2C1. The third kappa shape index (κ3) is 1.99. The predicted octanol–water partition coefficient (Wildman–Crippen LogP) is -1.09. The van der Waals surface area contributed by atoms with Crippen molar-refractivity contribution in [2.45, 2.75) is 18.9 Å². The average Bonchev–Trinajstić information content (AvgIpc) is 2.91. The molecule has 7 heteroatoms. The monoisotopic (exact) mass is 265 g/mol. The Labute approximate surface area is 108 Å². The molecular formula is C12H15N3O4. The predicted molar refractivity (Wildman–Crippen MR) is 65.8 cm³/mol. The highest BCUT2D eigenvalue weighted by atomic mass is 16.3. The number of hydrogen-bond donors (Lipinski definition) is 3. The number of H-pyrrole nitrogens is 2. The molecule has 2 aliphatic rings. The van der Waals surface area contributed by atoms with E-state index in [2.05, 4.69) is 4.98 Å². The van der Waals surface area contributed by atoms with Crippen LogP contribution < -0.4 is 11.2 Å². The maximum Gasteiger partial charge on any atom is 0.325 e. The number of aromatic nitrogens is 2. The number of rotatable bonds is 1. The molecule has 3 rings (SSSR count). The molecule has 0 radical (unpaired) electrons. The molecule has 3 N–H and O–H groups in total. The average molecular weight is 265 g/mol. The van der Waals surface area contributed by atoms with Gasteiger partial charge in [0.25, 0.3) is 11.5 Å². The first-order valence-corrected chi connectivity index (χ1v) is 6.35. The second-order valence-electron chi connectivity index (χ2n) is 5.26. The van der Waals surface area contributed by atoms with Gasteiger partial charge in [0.2, 0.25) is 0 Å². The number of aliphatic hydroxyl groups excluding tert-OH is 1. The fourth-order valence-corrected chi connectivity index (χ4v) is 3.14. The molecule has 1 saturated carbocycles. The van der Waals surface area contributed by atoms with Crippen molar-refractivity contribution in [1.82, 2.24) is 14.9 Å². The fourth-order valence-electron chi connectivity index (χ4n) is 3.14. The molecule has 3 unspecified atom stereocenters. The summed E-state index contributed by atoms with van der Waals surface area (Å²) in [6, 6.07) is 0. The van der Waals surface area contributed by atoms with Crippen LogP contribution in [0.25, 0.3) is 0 Å². The van der Waals surface area contributed by atoms with Crippen LogP contribution in [0, 0.1) is 11.8 Å². The normalized spacial score (nSPS) is 29.5. The van der Waals surface area contributed by atoms with Gasteiger partial charge in [-0.2, -0.15) is 0 Å². The molecule has 1 saturated heterocycles. The Morgan fingerprint density at radius 2 is 2.11 bits per heavy atom. The van der Waals surface area contributed by atoms with E-state index >= 15 is 0 Å². The number of nitrogens with zero attached hydrogens (tertiary/aromatic N) is 1. The third-order valence-corrected chi connectivity index (χ3v) is 4.16. The van der Waals surface area contributed by atoms with Crippen LogP contribution in [0.1, 0.15) is 23.2 Å². The van der Waals surface area contributed by atoms with E-state index in [1.54, 1.807) is 4.90 Å². The summed E-state index contributed by atoms with van der Waals surface area (Å²) >= 11 is 0. The standard InChI is InChI=1S/C12H15N3O4/c16-9-2-1-6-4-15(5-8(6)9)11(18)7-3-13-12(19)14-10(7)17/h3,6,8-9,16H,1-2,4-5H2,(H2,13,14,17,19). The molecule has 19 heavy (non-hydrogen) atoms. The van der Waals surface area contributed by atoms with E-state index in [1.165, 1.54) is 0 Å². The number of nitrogens with one attached hydrogen (secondary N) is 2. The van der Waals surface area contributed by atoms with Crippen molar-refractivity contribution in [3.63, 3.8) is 0 Å². The van der Waals surface area contributed by atoms with Gasteiger partial charge in [0.05, 0.1) is 6.10 Å². The fraction of sp³-hybridized carbons (Fsp3) is 0.583. The van der Waals surface area contributed by atoms with Crippen molar-refractivity contribution < 1.29 is 9.90 Å². The van der Waals surface area contributed by atoms with Crippen LogP contribution in [0.2, 0.25) is 0 Å². The van der Waals surface area contributed by atoms with Gasteiger partial charge < -0.3 is 15.0 Å². The molecule has 2 heterocycles. The molecule has 0 spiro atoms. The summed E-state index contributed by atoms with van der Waals surface area (Å²) in [5.74, 6) is 0.0469. The van der Waals surface area contributed by atoms with Crippen LogP contribution >= 0.6 is 0 Å². The van der Waals surface area contributed by atoms with Gasteiger partial charge in [-0.15, -0.1) is 0 Å². The van der Waals surface area contributed by atoms with Crippen LogP contribution in [0.15, 0.2) is 15.8 Å². The molecule has 0 bridgehead atoms. The second-order valence-corrected chi connectivity index (χ2v) is 5.26. The summed E-state index contributed by atoms with van der Waals surface area (Å²) in [7, 11) is 0. The second kappa shape index (κ2) is 4.34. The van der Waals surface area contributed by atoms with Crippen LogP contribution in [-0.4, -0.2) is 45.1 Å². The molecule has 1 aliphatic heterocycles. The molecule has 1 aromatic heterocycles. The topological polar surface area (TPSA) is 106 Å². The summed E-state index contributed by atoms with van der Waals surface area (Å²) in [6.07, 6.45) is 2.50. The minimum atomic E-state index is -0.675. The Morgan fingerprint density at radius 1 is 1.32 bits per heavy atom. The van der Waals surface area contributed by atoms with Gasteiger partial charge in [-0.05, 0) is 18.8 Å². The van der Waals surface area contributed by atoms with Crippen molar-refractivity contribution in [2.75, 3.05) is 13.1 Å². The van der Waals surface area contributed by atoms with E-state index in [4.69, 9.17) is 0 Å². The summed E-state index contributed by atoms with van der Waals surface area (Å²) in [5, 5.41) is 9.81. The van der Waals surface area contributed by atoms with Gasteiger partial charge in [-0.1, -0.05) is 0 Å². The summed E-state index contributed by atoms with van der Waals surface area (Å²) in [6.45, 7) is 1.04. The molecule has 1 aliphatic carbocycles. The van der Waals surface area contributed by atoms with Crippen LogP contribution in [-0.2, 0) is 0 Å². The zero-order valence-electron chi connectivity index (χ0n) is 10.3. The maximum atomic E-state index is 12.2. The molecule has 102 valence electrons. The van der Waals surface area contributed by atoms with Crippen molar-refractivity contribution in [2.24, 2.45) is 11.8 Å². The minimum absolute atomic E-state index is 0.0611. The molecular weight excluding hydrogens is 250 g/mol. The van der Waals surface area contributed by atoms with E-state index in [-0.39, 0.29) is 23.5 Å². The van der Waals surface area contributed by atoms with Gasteiger partial charge >= 0.3 is 5.69 Å². The van der Waals surface area contributed by atoms with E-state index in [1.807, 2.05) is 4.98 Å². The van der Waals surface area contributed by atoms with E-state index in [0.29, 0.717) is 19.0 Å². The first-order valence-electron chi connectivity index (χ1n) is 6.35. The number of carbonyl (C=O) groups excluding carboxylic acids is 1. The number of likely N-dealkylation sites (tertiary alicyclic amines) is 1. The van der Waals surface area contributed by atoms with Crippen LogP contribution in [0.5, 0.6) is 0 Å². The Balaban J connectivity index is 1.82. The van der Waals surface area contributed by atoms with Crippen LogP contribution in [0.4, 0.5) is 0 Å². The lowest BCUT2D eigenvalue weighted by Gasteiger charge is -2.17.